The highest BCUT2D eigenvalue weighted by Crippen LogP contribution is 2.24. The molecule has 0 aliphatic rings. The number of hydrogen-bond donors (Lipinski definition) is 1. The summed E-state index contributed by atoms with van der Waals surface area (Å²) in [6.07, 6.45) is 2.23. The molecule has 1 N–H and O–H groups in total. The molecule has 1 unspecified atom stereocenters. The lowest BCUT2D eigenvalue weighted by atomic mass is 9.92. The van der Waals surface area contributed by atoms with Gasteiger partial charge in [0.15, 0.2) is 0 Å². The highest BCUT2D eigenvalue weighted by Gasteiger charge is 2.29. The normalized spacial score (nSPS) is 13.3. The summed E-state index contributed by atoms with van der Waals surface area (Å²) in [5, 5.41) is 14.3. The van der Waals surface area contributed by atoms with Crippen LogP contribution in [0.4, 0.5) is 0 Å². The van der Waals surface area contributed by atoms with Crippen molar-refractivity contribution in [2.24, 2.45) is 5.92 Å². The quantitative estimate of drug-likeness (QED) is 0.820. The van der Waals surface area contributed by atoms with Gasteiger partial charge in [-0.05, 0) is 35.7 Å². The lowest BCUT2D eigenvalue weighted by Crippen LogP contribution is -2.31. The van der Waals surface area contributed by atoms with Crippen LogP contribution in [-0.4, -0.2) is 26.8 Å². The summed E-state index contributed by atoms with van der Waals surface area (Å²) < 4.78 is 2.30. The Morgan fingerprint density at radius 1 is 1.44 bits per heavy atom. The van der Waals surface area contributed by atoms with Gasteiger partial charge in [-0.3, -0.25) is 9.48 Å². The summed E-state index contributed by atoms with van der Waals surface area (Å²) >= 11 is 3.33. The van der Waals surface area contributed by atoms with Gasteiger partial charge in [-0.1, -0.05) is 26.7 Å². The van der Waals surface area contributed by atoms with Gasteiger partial charge in [0.25, 0.3) is 0 Å². The van der Waals surface area contributed by atoms with Crippen LogP contribution in [0.3, 0.4) is 0 Å². The van der Waals surface area contributed by atoms with Crippen molar-refractivity contribution in [3.8, 4) is 0 Å². The van der Waals surface area contributed by atoms with E-state index in [0.717, 1.165) is 12.8 Å². The van der Waals surface area contributed by atoms with Crippen molar-refractivity contribution in [1.82, 2.24) is 9.78 Å². The lowest BCUT2D eigenvalue weighted by molar-refractivity contribution is 0.0574. The van der Waals surface area contributed by atoms with Gasteiger partial charge in [0.05, 0.1) is 10.7 Å². The summed E-state index contributed by atoms with van der Waals surface area (Å²) in [6, 6.07) is 0.0872. The number of halogens is 1. The Labute approximate surface area is 117 Å². The molecule has 1 rings (SSSR count). The fourth-order valence-electron chi connectivity index (χ4n) is 2.05. The van der Waals surface area contributed by atoms with E-state index >= 15 is 0 Å². The smallest absolute Gasteiger partial charge is 0.210 e. The third-order valence-corrected chi connectivity index (χ3v) is 3.82. The molecule has 1 atom stereocenters. The average Bonchev–Trinajstić information content (AvgIpc) is 2.71. The Hall–Kier alpha value is -0.680. The van der Waals surface area contributed by atoms with Gasteiger partial charge in [-0.25, -0.2) is 0 Å². The third-order valence-electron chi connectivity index (χ3n) is 3.24. The molecular weight excluding hydrogens is 296 g/mol. The topological polar surface area (TPSA) is 55.1 Å². The maximum absolute atomic E-state index is 12.4. The van der Waals surface area contributed by atoms with E-state index in [1.54, 1.807) is 10.9 Å². The molecule has 0 saturated heterocycles. The molecular formula is C13H21BrN2O2. The van der Waals surface area contributed by atoms with Crippen LogP contribution < -0.4 is 0 Å². The minimum Gasteiger partial charge on any atom is -0.385 e. The second-order valence-corrected chi connectivity index (χ2v) is 5.62. The number of aliphatic hydroxyl groups is 1. The van der Waals surface area contributed by atoms with Gasteiger partial charge in [-0.15, -0.1) is 0 Å². The number of carbonyl (C=O) groups is 1. The Morgan fingerprint density at radius 3 is 2.44 bits per heavy atom. The molecule has 0 bridgehead atoms. The Balaban J connectivity index is 3.06. The number of nitrogens with zero attached hydrogens (tertiary/aromatic N) is 2. The van der Waals surface area contributed by atoms with E-state index in [9.17, 15) is 9.90 Å². The number of ketones is 1. The van der Waals surface area contributed by atoms with Gasteiger partial charge in [0.2, 0.25) is 5.78 Å². The van der Waals surface area contributed by atoms with Crippen LogP contribution in [0.5, 0.6) is 0 Å². The minimum absolute atomic E-state index is 0.0000813. The first kappa shape index (κ1) is 15.4. The maximum Gasteiger partial charge on any atom is 0.210 e. The molecule has 0 radical (unpaired) electrons. The summed E-state index contributed by atoms with van der Waals surface area (Å²) in [7, 11) is 0. The minimum atomic E-state index is -0.953. The fraction of sp³-hybridized carbons (Fsp3) is 0.692. The first-order valence-electron chi connectivity index (χ1n) is 6.39. The zero-order chi connectivity index (χ0) is 13.9. The summed E-state index contributed by atoms with van der Waals surface area (Å²) in [4.78, 5) is 12.4. The van der Waals surface area contributed by atoms with Gasteiger partial charge < -0.3 is 5.11 Å². The molecule has 0 spiro atoms. The number of aromatic nitrogens is 2. The van der Waals surface area contributed by atoms with Crippen molar-refractivity contribution in [3.05, 3.63) is 16.4 Å². The zero-order valence-corrected chi connectivity index (χ0v) is 12.9. The van der Waals surface area contributed by atoms with Crippen molar-refractivity contribution < 1.29 is 9.90 Å². The van der Waals surface area contributed by atoms with E-state index in [0.29, 0.717) is 10.2 Å². The molecule has 4 nitrogen and oxygen atoms in total. The molecule has 5 heteroatoms. The Bertz CT molecular complexity index is 411. The summed E-state index contributed by atoms with van der Waals surface area (Å²) in [6.45, 7) is 7.89. The summed E-state index contributed by atoms with van der Waals surface area (Å²) in [5.74, 6) is -0.248. The molecule has 1 heterocycles. The highest BCUT2D eigenvalue weighted by atomic mass is 79.9. The van der Waals surface area contributed by atoms with Gasteiger partial charge in [0.1, 0.15) is 11.8 Å². The van der Waals surface area contributed by atoms with E-state index in [1.807, 2.05) is 27.7 Å². The van der Waals surface area contributed by atoms with Crippen molar-refractivity contribution in [2.45, 2.75) is 52.7 Å². The second kappa shape index (κ2) is 6.48. The second-order valence-electron chi connectivity index (χ2n) is 4.77. The molecule has 1 aromatic heterocycles. The van der Waals surface area contributed by atoms with Crippen LogP contribution in [0.15, 0.2) is 10.7 Å². The van der Waals surface area contributed by atoms with E-state index in [4.69, 9.17) is 0 Å². The number of hydrogen-bond acceptors (Lipinski definition) is 3. The van der Waals surface area contributed by atoms with E-state index in [-0.39, 0.29) is 17.7 Å². The number of carbonyl (C=O) groups excluding carboxylic acids is 1. The lowest BCUT2D eigenvalue weighted by Gasteiger charge is -2.20. The number of rotatable bonds is 6. The van der Waals surface area contributed by atoms with Crippen LogP contribution in [0, 0.1) is 5.92 Å². The predicted octanol–water partition coefficient (Wildman–Crippen LogP) is 3.21. The van der Waals surface area contributed by atoms with Crippen molar-refractivity contribution in [3.63, 3.8) is 0 Å². The van der Waals surface area contributed by atoms with E-state index < -0.39 is 6.10 Å². The molecule has 0 saturated carbocycles. The molecule has 0 aliphatic carbocycles. The van der Waals surface area contributed by atoms with Gasteiger partial charge in [-0.2, -0.15) is 5.10 Å². The van der Waals surface area contributed by atoms with E-state index in [2.05, 4.69) is 21.0 Å². The van der Waals surface area contributed by atoms with Crippen LogP contribution in [-0.2, 0) is 0 Å². The van der Waals surface area contributed by atoms with Gasteiger partial charge in [0, 0.05) is 6.04 Å². The maximum atomic E-state index is 12.4. The standard InChI is InChI=1S/C13H21BrN2O2/c1-5-9(6-2)12(17)13(18)11-10(14)7-15-16(11)8(3)4/h7-9,12,17H,5-6H2,1-4H3. The van der Waals surface area contributed by atoms with Crippen molar-refractivity contribution >= 4 is 21.7 Å². The van der Waals surface area contributed by atoms with Crippen LogP contribution in [0.1, 0.15) is 57.1 Å². The molecule has 102 valence electrons. The van der Waals surface area contributed by atoms with Crippen molar-refractivity contribution in [2.75, 3.05) is 0 Å². The first-order chi connectivity index (χ1) is 8.43. The molecule has 0 amide bonds. The van der Waals surface area contributed by atoms with Crippen LogP contribution >= 0.6 is 15.9 Å². The highest BCUT2D eigenvalue weighted by molar-refractivity contribution is 9.10. The Morgan fingerprint density at radius 2 is 2.00 bits per heavy atom. The predicted molar refractivity (Wildman–Crippen MR) is 74.7 cm³/mol. The molecule has 1 aromatic rings. The van der Waals surface area contributed by atoms with Gasteiger partial charge >= 0.3 is 0 Å². The molecule has 0 aromatic carbocycles. The summed E-state index contributed by atoms with van der Waals surface area (Å²) in [5.41, 5.74) is 0.462. The zero-order valence-electron chi connectivity index (χ0n) is 11.4. The fourth-order valence-corrected chi connectivity index (χ4v) is 2.52. The molecule has 18 heavy (non-hydrogen) atoms. The first-order valence-corrected chi connectivity index (χ1v) is 7.18. The monoisotopic (exact) mass is 316 g/mol. The van der Waals surface area contributed by atoms with Crippen LogP contribution in [0.25, 0.3) is 0 Å². The SMILES string of the molecule is CCC(CC)C(O)C(=O)c1c(Br)cnn1C(C)C. The molecule has 0 fully saturated rings. The number of aliphatic hydroxyl groups excluding tert-OH is 1. The number of Topliss-reactive ketones (excluding diaryl/α,β-unsaturated/α-hetero) is 1. The third kappa shape index (κ3) is 3.01. The van der Waals surface area contributed by atoms with Crippen molar-refractivity contribution in [1.29, 1.82) is 0 Å². The molecule has 0 aliphatic heterocycles. The van der Waals surface area contributed by atoms with E-state index in [1.165, 1.54) is 0 Å². The average molecular weight is 317 g/mol. The Kier molecular flexibility index (Phi) is 5.53. The largest absolute Gasteiger partial charge is 0.385 e. The van der Waals surface area contributed by atoms with Crippen LogP contribution in [0.2, 0.25) is 0 Å².